The fourth-order valence-electron chi connectivity index (χ4n) is 4.77. The number of fused-ring (bicyclic) bond motifs is 1. The average molecular weight is 560 g/mol. The van der Waals surface area contributed by atoms with Gasteiger partial charge in [-0.05, 0) is 86.6 Å². The molecular formula is C31H37N5O3S. The number of hydrogen-bond acceptors (Lipinski definition) is 6. The Balaban J connectivity index is 1.65. The minimum absolute atomic E-state index is 0.226. The van der Waals surface area contributed by atoms with Crippen molar-refractivity contribution in [3.05, 3.63) is 83.7 Å². The summed E-state index contributed by atoms with van der Waals surface area (Å²) in [5.74, 6) is 1.56. The van der Waals surface area contributed by atoms with Gasteiger partial charge in [0.25, 0.3) is 10.0 Å². The van der Waals surface area contributed by atoms with E-state index in [1.54, 1.807) is 24.3 Å². The van der Waals surface area contributed by atoms with Gasteiger partial charge in [0.15, 0.2) is 0 Å². The van der Waals surface area contributed by atoms with Crippen LogP contribution in [0.15, 0.2) is 71.6 Å². The highest BCUT2D eigenvalue weighted by Gasteiger charge is 2.26. The topological polar surface area (TPSA) is 91.5 Å². The molecule has 0 radical (unpaired) electrons. The summed E-state index contributed by atoms with van der Waals surface area (Å²) >= 11 is 0. The Morgan fingerprint density at radius 1 is 0.925 bits per heavy atom. The molecule has 0 fully saturated rings. The summed E-state index contributed by atoms with van der Waals surface area (Å²) in [7, 11) is -1.86. The van der Waals surface area contributed by atoms with Crippen molar-refractivity contribution in [2.75, 3.05) is 37.1 Å². The smallest absolute Gasteiger partial charge is 0.264 e. The highest BCUT2D eigenvalue weighted by Crippen LogP contribution is 2.29. The van der Waals surface area contributed by atoms with Crippen molar-refractivity contribution in [2.24, 2.45) is 7.05 Å². The maximum Gasteiger partial charge on any atom is 0.264 e. The number of rotatable bonds is 13. The number of sulfonamides is 1. The van der Waals surface area contributed by atoms with Crippen LogP contribution in [0.2, 0.25) is 0 Å². The van der Waals surface area contributed by atoms with Crippen molar-refractivity contribution in [2.45, 2.75) is 38.5 Å². The van der Waals surface area contributed by atoms with Gasteiger partial charge in [-0.15, -0.1) is 0 Å². The third-order valence-corrected chi connectivity index (χ3v) is 9.04. The molecule has 0 atom stereocenters. The third-order valence-electron chi connectivity index (χ3n) is 7.20. The van der Waals surface area contributed by atoms with Crippen LogP contribution < -0.4 is 9.04 Å². The predicted molar refractivity (Wildman–Crippen MR) is 159 cm³/mol. The number of ether oxygens (including phenoxy) is 1. The van der Waals surface area contributed by atoms with Crippen LogP contribution >= 0.6 is 0 Å². The number of aryl methyl sites for hydroxylation is 3. The summed E-state index contributed by atoms with van der Waals surface area (Å²) in [6.07, 6.45) is 1.51. The molecule has 40 heavy (non-hydrogen) atoms. The van der Waals surface area contributed by atoms with E-state index in [4.69, 9.17) is 15.0 Å². The van der Waals surface area contributed by atoms with E-state index in [1.165, 1.54) is 4.31 Å². The van der Waals surface area contributed by atoms with Gasteiger partial charge in [-0.25, -0.2) is 13.4 Å². The van der Waals surface area contributed by atoms with E-state index in [1.807, 2.05) is 61.0 Å². The second-order valence-electron chi connectivity index (χ2n) is 9.58. The largest absolute Gasteiger partial charge is 0.494 e. The lowest BCUT2D eigenvalue weighted by molar-refractivity contribution is 0.313. The number of anilines is 1. The van der Waals surface area contributed by atoms with Gasteiger partial charge >= 0.3 is 0 Å². The lowest BCUT2D eigenvalue weighted by Crippen LogP contribution is -2.38. The van der Waals surface area contributed by atoms with E-state index in [-0.39, 0.29) is 4.90 Å². The summed E-state index contributed by atoms with van der Waals surface area (Å²) in [6, 6.07) is 22.0. The fraction of sp³-hybridized carbons (Fsp3) is 0.355. The minimum atomic E-state index is -3.83. The zero-order chi connectivity index (χ0) is 28.7. The molecule has 0 unspecified atom stereocenters. The van der Waals surface area contributed by atoms with Gasteiger partial charge in [0, 0.05) is 26.6 Å². The fourth-order valence-corrected chi connectivity index (χ4v) is 6.22. The van der Waals surface area contributed by atoms with Crippen molar-refractivity contribution >= 4 is 26.7 Å². The molecular weight excluding hydrogens is 522 g/mol. The number of hydrogen-bond donors (Lipinski definition) is 0. The highest BCUT2D eigenvalue weighted by atomic mass is 32.2. The molecule has 9 heteroatoms. The van der Waals surface area contributed by atoms with Gasteiger partial charge in [0.2, 0.25) is 0 Å². The average Bonchev–Trinajstić information content (AvgIpc) is 3.29. The van der Waals surface area contributed by atoms with E-state index in [9.17, 15) is 8.42 Å². The summed E-state index contributed by atoms with van der Waals surface area (Å²) in [5.41, 5.74) is 4.08. The maximum absolute atomic E-state index is 13.9. The second kappa shape index (κ2) is 13.0. The molecule has 1 heterocycles. The molecule has 0 amide bonds. The van der Waals surface area contributed by atoms with Gasteiger partial charge in [0.05, 0.1) is 39.9 Å². The molecule has 0 saturated heterocycles. The molecule has 8 nitrogen and oxygen atoms in total. The van der Waals surface area contributed by atoms with Crippen molar-refractivity contribution in [1.82, 2.24) is 14.5 Å². The zero-order valence-corrected chi connectivity index (χ0v) is 24.5. The van der Waals surface area contributed by atoms with E-state index >= 15 is 0 Å². The number of nitrogens with zero attached hydrogens (tertiary/aromatic N) is 5. The summed E-state index contributed by atoms with van der Waals surface area (Å²) in [6.45, 7) is 9.20. The van der Waals surface area contributed by atoms with Crippen LogP contribution in [0.25, 0.3) is 11.0 Å². The van der Waals surface area contributed by atoms with Crippen molar-refractivity contribution in [1.29, 1.82) is 5.26 Å². The molecule has 0 aliphatic rings. The van der Waals surface area contributed by atoms with Crippen LogP contribution in [-0.2, 0) is 29.9 Å². The molecule has 0 aliphatic carbocycles. The Bertz CT molecular complexity index is 1570. The summed E-state index contributed by atoms with van der Waals surface area (Å²) in [5, 5.41) is 9.03. The maximum atomic E-state index is 13.9. The Morgan fingerprint density at radius 3 is 2.25 bits per heavy atom. The van der Waals surface area contributed by atoms with E-state index in [0.717, 1.165) is 48.4 Å². The molecule has 0 aliphatic heterocycles. The number of benzene rings is 3. The van der Waals surface area contributed by atoms with Crippen molar-refractivity contribution in [3.63, 3.8) is 0 Å². The second-order valence-corrected chi connectivity index (χ2v) is 11.4. The van der Waals surface area contributed by atoms with Gasteiger partial charge in [-0.1, -0.05) is 26.0 Å². The number of imidazole rings is 1. The van der Waals surface area contributed by atoms with Gasteiger partial charge in [0.1, 0.15) is 11.6 Å². The number of nitriles is 1. The molecule has 0 N–H and O–H groups in total. The standard InChI is InChI=1S/C31H37N5O3S/c1-5-35(6-2)20-21-36(40(37,38)28-16-14-27(15-17-28)39-7-3)26-13-18-29-30(22-26)34(4)31(33-29)19-12-24-8-10-25(23-32)11-9-24/h8-11,13-18,22H,5-7,12,19-21H2,1-4H3. The van der Waals surface area contributed by atoms with Gasteiger partial charge in [-0.3, -0.25) is 4.31 Å². The van der Waals surface area contributed by atoms with E-state index < -0.39 is 10.0 Å². The zero-order valence-electron chi connectivity index (χ0n) is 23.7. The van der Waals surface area contributed by atoms with Crippen molar-refractivity contribution < 1.29 is 13.2 Å². The predicted octanol–water partition coefficient (Wildman–Crippen LogP) is 5.17. The monoisotopic (exact) mass is 559 g/mol. The lowest BCUT2D eigenvalue weighted by atomic mass is 10.1. The first-order valence-electron chi connectivity index (χ1n) is 13.7. The molecule has 4 rings (SSSR count). The first-order chi connectivity index (χ1) is 19.3. The third kappa shape index (κ3) is 6.46. The molecule has 4 aromatic rings. The molecule has 0 spiro atoms. The molecule has 210 valence electrons. The quantitative estimate of drug-likeness (QED) is 0.225. The number of aromatic nitrogens is 2. The molecule has 1 aromatic heterocycles. The highest BCUT2D eigenvalue weighted by molar-refractivity contribution is 7.92. The Labute approximate surface area is 237 Å². The Morgan fingerprint density at radius 2 is 1.62 bits per heavy atom. The lowest BCUT2D eigenvalue weighted by Gasteiger charge is -2.28. The normalized spacial score (nSPS) is 11.6. The Hall–Kier alpha value is -3.87. The van der Waals surface area contributed by atoms with Gasteiger partial charge in [-0.2, -0.15) is 5.26 Å². The first kappa shape index (κ1) is 29.1. The number of likely N-dealkylation sites (N-methyl/N-ethyl adjacent to an activating group) is 1. The van der Waals surface area contributed by atoms with Crippen LogP contribution in [0.3, 0.4) is 0 Å². The first-order valence-corrected chi connectivity index (χ1v) is 15.2. The van der Waals surface area contributed by atoms with Crippen LogP contribution in [0.1, 0.15) is 37.7 Å². The van der Waals surface area contributed by atoms with Crippen LogP contribution in [0, 0.1) is 11.3 Å². The van der Waals surface area contributed by atoms with Crippen LogP contribution in [0.5, 0.6) is 5.75 Å². The van der Waals surface area contributed by atoms with Gasteiger partial charge < -0.3 is 14.2 Å². The van der Waals surface area contributed by atoms with E-state index in [0.29, 0.717) is 36.7 Å². The van der Waals surface area contributed by atoms with E-state index in [2.05, 4.69) is 24.8 Å². The molecule has 0 bridgehead atoms. The van der Waals surface area contributed by atoms with Crippen LogP contribution in [0.4, 0.5) is 5.69 Å². The molecule has 0 saturated carbocycles. The summed E-state index contributed by atoms with van der Waals surface area (Å²) in [4.78, 5) is 7.27. The molecule has 3 aromatic carbocycles. The minimum Gasteiger partial charge on any atom is -0.494 e. The van der Waals surface area contributed by atoms with Crippen LogP contribution in [-0.4, -0.2) is 55.7 Å². The SMILES string of the molecule is CCOc1ccc(S(=O)(=O)N(CCN(CC)CC)c2ccc3nc(CCc4ccc(C#N)cc4)n(C)c3c2)cc1. The summed E-state index contributed by atoms with van der Waals surface area (Å²) < 4.78 is 36.9. The van der Waals surface area contributed by atoms with Crippen molar-refractivity contribution in [3.8, 4) is 11.8 Å². The Kier molecular flexibility index (Phi) is 9.46.